The Bertz CT molecular complexity index is 1020. The number of aliphatic hydroxyl groups excluding tert-OH is 8. The maximum Gasteiger partial charge on any atom is 0.336 e. The summed E-state index contributed by atoms with van der Waals surface area (Å²) in [6.45, 7) is 0.679. The van der Waals surface area contributed by atoms with Gasteiger partial charge in [-0.25, -0.2) is 4.79 Å². The summed E-state index contributed by atoms with van der Waals surface area (Å²) in [7, 11) is 0. The van der Waals surface area contributed by atoms with Crippen molar-refractivity contribution in [2.45, 2.75) is 118 Å². The van der Waals surface area contributed by atoms with Gasteiger partial charge in [-0.15, -0.1) is 0 Å². The Kier molecular flexibility index (Phi) is 15.4. The molecule has 16 atom stereocenters. The van der Waals surface area contributed by atoms with E-state index in [1.54, 1.807) is 0 Å². The van der Waals surface area contributed by atoms with Crippen LogP contribution in [0.2, 0.25) is 0 Å². The van der Waals surface area contributed by atoms with Crippen LogP contribution in [0.25, 0.3) is 0 Å². The highest BCUT2D eigenvalue weighted by Gasteiger charge is 2.52. The maximum atomic E-state index is 10.8. The number of ether oxygens (including phenoxy) is 5. The number of nitrogens with two attached hydrogens (primary N) is 2. The van der Waals surface area contributed by atoms with E-state index in [1.807, 2.05) is 0 Å². The quantitative estimate of drug-likeness (QED) is 0.0904. The average molecular weight is 691 g/mol. The second-order valence-electron chi connectivity index (χ2n) is 11.7. The molecule has 3 heterocycles. The number of Topliss-reactive ketones (excluding diaryl/α,β-unsaturated/α-hetero) is 1. The highest BCUT2D eigenvalue weighted by molar-refractivity contribution is 5.90. The molecule has 0 aromatic heterocycles. The van der Waals surface area contributed by atoms with Crippen molar-refractivity contribution in [1.29, 1.82) is 0 Å². The molecule has 0 aliphatic carbocycles. The van der Waals surface area contributed by atoms with Gasteiger partial charge in [0, 0.05) is 12.3 Å². The Morgan fingerprint density at radius 3 is 1.60 bits per heavy atom. The van der Waals surface area contributed by atoms with Crippen LogP contribution in [0.5, 0.6) is 0 Å². The van der Waals surface area contributed by atoms with Crippen molar-refractivity contribution >= 4 is 17.7 Å². The number of hydrogen-bond donors (Lipinski definition) is 13. The van der Waals surface area contributed by atoms with Gasteiger partial charge < -0.3 is 91.3 Å². The minimum absolute atomic E-state index is 0.578. The van der Waals surface area contributed by atoms with Crippen molar-refractivity contribution in [3.63, 3.8) is 0 Å². The summed E-state index contributed by atoms with van der Waals surface area (Å²) in [4.78, 5) is 31.1. The van der Waals surface area contributed by atoms with E-state index < -0.39 is 148 Å². The summed E-state index contributed by atoms with van der Waals surface area (Å²) >= 11 is 0. The van der Waals surface area contributed by atoms with Crippen molar-refractivity contribution < 1.29 is 94.2 Å². The lowest BCUT2D eigenvalue weighted by Crippen LogP contribution is -2.68. The van der Waals surface area contributed by atoms with E-state index in [4.69, 9.17) is 45.4 Å². The van der Waals surface area contributed by atoms with E-state index in [-0.39, 0.29) is 0 Å². The first-order valence-electron chi connectivity index (χ1n) is 14.5. The van der Waals surface area contributed by atoms with Gasteiger partial charge in [-0.2, -0.15) is 0 Å². The summed E-state index contributed by atoms with van der Waals surface area (Å²) < 4.78 is 27.7. The number of rotatable bonds is 12. The molecule has 274 valence electrons. The largest absolute Gasteiger partial charge is 0.481 e. The molecule has 0 bridgehead atoms. The fourth-order valence-electron chi connectivity index (χ4n) is 5.17. The Balaban J connectivity index is 0.000000500. The highest BCUT2D eigenvalue weighted by Crippen LogP contribution is 2.32. The second-order valence-corrected chi connectivity index (χ2v) is 11.7. The number of carbonyl (C=O) groups is 3. The van der Waals surface area contributed by atoms with Gasteiger partial charge >= 0.3 is 11.9 Å². The van der Waals surface area contributed by atoms with Crippen LogP contribution in [-0.4, -0.2) is 185 Å². The summed E-state index contributed by atoms with van der Waals surface area (Å²) in [5, 5.41) is 106. The molecule has 3 aliphatic rings. The summed E-state index contributed by atoms with van der Waals surface area (Å²) in [6.07, 6.45) is -17.6. The van der Waals surface area contributed by atoms with Crippen LogP contribution in [0.3, 0.4) is 0 Å². The van der Waals surface area contributed by atoms with Crippen molar-refractivity contribution in [2.75, 3.05) is 19.8 Å². The van der Waals surface area contributed by atoms with Gasteiger partial charge in [0.05, 0.1) is 44.4 Å². The third-order valence-corrected chi connectivity index (χ3v) is 7.98. The first-order chi connectivity index (χ1) is 21.8. The molecular formula is C26H46N2O19. The molecule has 0 aromatic carbocycles. The molecule has 15 N–H and O–H groups in total. The number of hydrogen-bond acceptors (Lipinski definition) is 19. The Hall–Kier alpha value is -2.03. The highest BCUT2D eigenvalue weighted by atomic mass is 16.7. The summed E-state index contributed by atoms with van der Waals surface area (Å²) in [5.41, 5.74) is 9.46. The van der Waals surface area contributed by atoms with Crippen molar-refractivity contribution in [3.05, 3.63) is 0 Å². The predicted octanol–water partition coefficient (Wildman–Crippen LogP) is -7.11. The molecule has 0 saturated carbocycles. The van der Waals surface area contributed by atoms with Crippen molar-refractivity contribution in [1.82, 2.24) is 0 Å². The normalized spacial score (nSPS) is 42.0. The molecular weight excluding hydrogens is 644 g/mol. The number of ketones is 1. The maximum absolute atomic E-state index is 10.8. The summed E-state index contributed by atoms with van der Waals surface area (Å²) in [5.74, 6) is -4.52. The first kappa shape index (κ1) is 41.1. The van der Waals surface area contributed by atoms with E-state index in [0.717, 1.165) is 6.92 Å². The lowest BCUT2D eigenvalue weighted by Gasteiger charge is -2.48. The molecule has 3 rings (SSSR count). The zero-order chi connectivity index (χ0) is 36.0. The number of carboxylic acid groups (broad SMARTS) is 2. The SMILES string of the molecule is CC(=O)CC(O)(CC(=O)O)C(=O)O.CC1C(O)OC(CO)C(OC2OC(CO)C(OC3OC(CO)C(O)C(O)C3N)C(O)C2N)C1O. The van der Waals surface area contributed by atoms with Gasteiger partial charge in [0.15, 0.2) is 24.5 Å². The molecule has 3 fully saturated rings. The Morgan fingerprint density at radius 2 is 1.15 bits per heavy atom. The molecule has 3 aliphatic heterocycles. The summed E-state index contributed by atoms with van der Waals surface area (Å²) in [6, 6.07) is -2.55. The molecule has 21 nitrogen and oxygen atoms in total. The molecule has 16 unspecified atom stereocenters. The standard InChI is InChI=1S/C19H36N2O13.C7H10O6/c1-5-11(25)15(7(3-23)30-17(5)29)33-19-10(21)14(28)16(8(4-24)32-19)34-18-9(20)13(27)12(26)6(2-22)31-18;1-4(8)2-7(13,6(11)12)3-5(9)10/h5-19,22-29H,2-4,20-21H2,1H3;13H,2-3H2,1H3,(H,9,10)(H,11,12). The number of aliphatic carboxylic acids is 2. The van der Waals surface area contributed by atoms with Crippen molar-refractivity contribution in [3.8, 4) is 0 Å². The van der Waals surface area contributed by atoms with Crippen LogP contribution < -0.4 is 11.5 Å². The Labute approximate surface area is 267 Å². The molecule has 21 heteroatoms. The van der Waals surface area contributed by atoms with Gasteiger partial charge in [0.25, 0.3) is 0 Å². The lowest BCUT2D eigenvalue weighted by atomic mass is 9.91. The van der Waals surface area contributed by atoms with Crippen LogP contribution in [-0.2, 0) is 38.1 Å². The van der Waals surface area contributed by atoms with E-state index in [1.165, 1.54) is 6.92 Å². The van der Waals surface area contributed by atoms with Crippen LogP contribution in [0.15, 0.2) is 0 Å². The van der Waals surface area contributed by atoms with Crippen LogP contribution >= 0.6 is 0 Å². The minimum Gasteiger partial charge on any atom is -0.481 e. The van der Waals surface area contributed by atoms with Gasteiger partial charge in [0.1, 0.15) is 54.6 Å². The molecule has 0 radical (unpaired) electrons. The van der Waals surface area contributed by atoms with E-state index in [9.17, 15) is 60.3 Å². The van der Waals surface area contributed by atoms with Gasteiger partial charge in [-0.1, -0.05) is 6.92 Å². The van der Waals surface area contributed by atoms with E-state index in [0.29, 0.717) is 0 Å². The topological polar surface area (TPSA) is 372 Å². The zero-order valence-corrected chi connectivity index (χ0v) is 25.5. The molecule has 3 saturated heterocycles. The molecule has 0 aromatic rings. The molecule has 0 amide bonds. The Morgan fingerprint density at radius 1 is 0.702 bits per heavy atom. The monoisotopic (exact) mass is 690 g/mol. The van der Waals surface area contributed by atoms with Crippen LogP contribution in [0.1, 0.15) is 26.7 Å². The third-order valence-electron chi connectivity index (χ3n) is 7.98. The number of carbonyl (C=O) groups excluding carboxylic acids is 1. The van der Waals surface area contributed by atoms with E-state index in [2.05, 4.69) is 0 Å². The zero-order valence-electron chi connectivity index (χ0n) is 25.5. The predicted molar refractivity (Wildman–Crippen MR) is 148 cm³/mol. The fourth-order valence-corrected chi connectivity index (χ4v) is 5.17. The minimum atomic E-state index is -2.49. The van der Waals surface area contributed by atoms with Gasteiger partial charge in [-0.3, -0.25) is 9.59 Å². The third kappa shape index (κ3) is 10.0. The van der Waals surface area contributed by atoms with Crippen LogP contribution in [0.4, 0.5) is 0 Å². The van der Waals surface area contributed by atoms with Crippen molar-refractivity contribution in [2.24, 2.45) is 17.4 Å². The van der Waals surface area contributed by atoms with Gasteiger partial charge in [-0.05, 0) is 6.92 Å². The fraction of sp³-hybridized carbons (Fsp3) is 0.885. The molecule has 0 spiro atoms. The molecule has 47 heavy (non-hydrogen) atoms. The number of carboxylic acids is 2. The average Bonchev–Trinajstić information content (AvgIpc) is 3.00. The smallest absolute Gasteiger partial charge is 0.336 e. The second kappa shape index (κ2) is 17.6. The first-order valence-corrected chi connectivity index (χ1v) is 14.5. The van der Waals surface area contributed by atoms with Crippen LogP contribution in [0, 0.1) is 5.92 Å². The van der Waals surface area contributed by atoms with E-state index >= 15 is 0 Å². The number of aliphatic hydroxyl groups is 9. The lowest BCUT2D eigenvalue weighted by molar-refractivity contribution is -0.351. The van der Waals surface area contributed by atoms with Gasteiger partial charge in [0.2, 0.25) is 0 Å².